The van der Waals surface area contributed by atoms with E-state index < -0.39 is 0 Å². The molecule has 0 atom stereocenters. The van der Waals surface area contributed by atoms with Crippen LogP contribution in [0.4, 0.5) is 0 Å². The smallest absolute Gasteiger partial charge is 0.234 e. The fourth-order valence-electron chi connectivity index (χ4n) is 5.84. The normalized spacial score (nSPS) is 15.5. The molecule has 1 fully saturated rings. The second-order valence-corrected chi connectivity index (χ2v) is 11.7. The Morgan fingerprint density at radius 2 is 0.783 bits per heavy atom. The summed E-state index contributed by atoms with van der Waals surface area (Å²) in [6.07, 6.45) is 0. The molecule has 2 amide bonds. The number of benzene rings is 4. The first-order valence-electron chi connectivity index (χ1n) is 16.3. The van der Waals surface area contributed by atoms with Gasteiger partial charge in [-0.2, -0.15) is 0 Å². The first-order chi connectivity index (χ1) is 22.7. The van der Waals surface area contributed by atoms with Gasteiger partial charge in [0.05, 0.1) is 25.2 Å². The highest BCUT2D eigenvalue weighted by atomic mass is 16.2. The van der Waals surface area contributed by atoms with Gasteiger partial charge in [-0.05, 0) is 22.3 Å². The SMILES string of the molecule is O=C(CN1CCNCCNCCN(CC(=O)NC(c2ccccc2)c2ccccc2)CC1)NC(c1ccccc1)c1ccccc1. The van der Waals surface area contributed by atoms with Crippen LogP contribution in [0.2, 0.25) is 0 Å². The van der Waals surface area contributed by atoms with E-state index in [1.165, 1.54) is 0 Å². The first kappa shape index (κ1) is 33.0. The van der Waals surface area contributed by atoms with E-state index in [4.69, 9.17) is 0 Å². The molecule has 0 aromatic heterocycles. The van der Waals surface area contributed by atoms with Crippen molar-refractivity contribution in [1.82, 2.24) is 31.1 Å². The van der Waals surface area contributed by atoms with Gasteiger partial charge in [0.1, 0.15) is 0 Å². The lowest BCUT2D eigenvalue weighted by molar-refractivity contribution is -0.124. The number of nitrogens with zero attached hydrogens (tertiary/aromatic N) is 2. The van der Waals surface area contributed by atoms with Crippen LogP contribution in [0.15, 0.2) is 121 Å². The van der Waals surface area contributed by atoms with E-state index in [0.29, 0.717) is 13.1 Å². The quantitative estimate of drug-likeness (QED) is 0.217. The monoisotopic (exact) mass is 618 g/mol. The van der Waals surface area contributed by atoms with Gasteiger partial charge < -0.3 is 21.3 Å². The van der Waals surface area contributed by atoms with Gasteiger partial charge in [0, 0.05) is 52.4 Å². The number of hydrogen-bond acceptors (Lipinski definition) is 6. The number of rotatable bonds is 10. The van der Waals surface area contributed by atoms with Crippen molar-refractivity contribution in [2.24, 2.45) is 0 Å². The standard InChI is InChI=1S/C38H46N6O2/c45-35(41-37(31-13-5-1-6-14-31)32-15-7-2-8-16-32)29-43-25-23-39-21-22-40-24-26-44(28-27-43)30-36(46)42-38(33-17-9-3-10-18-33)34-19-11-4-12-20-34/h1-20,37-40H,21-30H2,(H,41,45)(H,42,46). The van der Waals surface area contributed by atoms with E-state index in [9.17, 15) is 9.59 Å². The van der Waals surface area contributed by atoms with Gasteiger partial charge in [0.15, 0.2) is 0 Å². The predicted octanol–water partition coefficient (Wildman–Crippen LogP) is 3.59. The summed E-state index contributed by atoms with van der Waals surface area (Å²) >= 11 is 0. The predicted molar refractivity (Wildman–Crippen MR) is 184 cm³/mol. The molecule has 46 heavy (non-hydrogen) atoms. The summed E-state index contributed by atoms with van der Waals surface area (Å²) in [4.78, 5) is 31.4. The number of amides is 2. The Bertz CT molecular complexity index is 1260. The second kappa shape index (κ2) is 18.0. The number of hydrogen-bond donors (Lipinski definition) is 4. The third kappa shape index (κ3) is 10.4. The zero-order chi connectivity index (χ0) is 31.8. The third-order valence-electron chi connectivity index (χ3n) is 8.30. The molecule has 4 N–H and O–H groups in total. The van der Waals surface area contributed by atoms with E-state index >= 15 is 0 Å². The lowest BCUT2D eigenvalue weighted by Crippen LogP contribution is -2.48. The molecule has 240 valence electrons. The van der Waals surface area contributed by atoms with E-state index in [1.54, 1.807) is 0 Å². The Labute approximate surface area is 273 Å². The molecule has 1 heterocycles. The van der Waals surface area contributed by atoms with Crippen LogP contribution < -0.4 is 21.3 Å². The third-order valence-corrected chi connectivity index (χ3v) is 8.30. The van der Waals surface area contributed by atoms with Crippen molar-refractivity contribution < 1.29 is 9.59 Å². The minimum atomic E-state index is -0.228. The lowest BCUT2D eigenvalue weighted by atomic mass is 9.98. The Morgan fingerprint density at radius 1 is 0.478 bits per heavy atom. The highest BCUT2D eigenvalue weighted by Gasteiger charge is 2.22. The number of carbonyl (C=O) groups is 2. The molecule has 0 unspecified atom stereocenters. The molecule has 5 rings (SSSR count). The summed E-state index contributed by atoms with van der Waals surface area (Å²) in [7, 11) is 0. The van der Waals surface area contributed by atoms with E-state index in [1.807, 2.05) is 72.8 Å². The molecule has 1 aliphatic heterocycles. The molecule has 0 spiro atoms. The lowest BCUT2D eigenvalue weighted by Gasteiger charge is -2.29. The molecule has 0 bridgehead atoms. The maximum absolute atomic E-state index is 13.5. The molecule has 4 aromatic carbocycles. The summed E-state index contributed by atoms with van der Waals surface area (Å²) < 4.78 is 0. The number of nitrogens with one attached hydrogen (secondary N) is 4. The van der Waals surface area contributed by atoms with Crippen molar-refractivity contribution in [1.29, 1.82) is 0 Å². The van der Waals surface area contributed by atoms with Crippen molar-refractivity contribution in [3.05, 3.63) is 144 Å². The van der Waals surface area contributed by atoms with Crippen molar-refractivity contribution in [3.63, 3.8) is 0 Å². The minimum Gasteiger partial charge on any atom is -0.344 e. The largest absolute Gasteiger partial charge is 0.344 e. The van der Waals surface area contributed by atoms with Crippen molar-refractivity contribution in [3.8, 4) is 0 Å². The highest BCUT2D eigenvalue weighted by molar-refractivity contribution is 5.79. The summed E-state index contributed by atoms with van der Waals surface area (Å²) in [6.45, 7) is 6.63. The Balaban J connectivity index is 1.23. The van der Waals surface area contributed by atoms with Crippen molar-refractivity contribution >= 4 is 11.8 Å². The first-order valence-corrected chi connectivity index (χ1v) is 16.3. The molecule has 8 nitrogen and oxygen atoms in total. The summed E-state index contributed by atoms with van der Waals surface area (Å²) in [6, 6.07) is 39.9. The van der Waals surface area contributed by atoms with Gasteiger partial charge in [0.2, 0.25) is 11.8 Å². The van der Waals surface area contributed by atoms with Crippen LogP contribution in [0.3, 0.4) is 0 Å². The van der Waals surface area contributed by atoms with Crippen LogP contribution in [-0.2, 0) is 9.59 Å². The topological polar surface area (TPSA) is 88.7 Å². The number of carbonyl (C=O) groups excluding carboxylic acids is 2. The van der Waals surface area contributed by atoms with Crippen LogP contribution in [0, 0.1) is 0 Å². The second-order valence-electron chi connectivity index (χ2n) is 11.7. The van der Waals surface area contributed by atoms with Crippen LogP contribution in [0.1, 0.15) is 34.3 Å². The molecule has 4 aromatic rings. The Hall–Kier alpha value is -4.34. The van der Waals surface area contributed by atoms with E-state index in [2.05, 4.69) is 79.6 Å². The summed E-state index contributed by atoms with van der Waals surface area (Å²) in [5.41, 5.74) is 4.19. The van der Waals surface area contributed by atoms with Crippen LogP contribution in [-0.4, -0.2) is 87.1 Å². The fraction of sp³-hybridized carbons (Fsp3) is 0.316. The molecule has 0 aliphatic carbocycles. The molecule has 0 saturated carbocycles. The van der Waals surface area contributed by atoms with Crippen molar-refractivity contribution in [2.45, 2.75) is 12.1 Å². The zero-order valence-corrected chi connectivity index (χ0v) is 26.5. The van der Waals surface area contributed by atoms with Gasteiger partial charge in [-0.15, -0.1) is 0 Å². The van der Waals surface area contributed by atoms with Crippen molar-refractivity contribution in [2.75, 3.05) is 65.4 Å². The van der Waals surface area contributed by atoms with Gasteiger partial charge in [0.25, 0.3) is 0 Å². The average molecular weight is 619 g/mol. The summed E-state index contributed by atoms with van der Waals surface area (Å²) in [5.74, 6) is -0.0475. The molecule has 0 radical (unpaired) electrons. The van der Waals surface area contributed by atoms with Crippen LogP contribution in [0.25, 0.3) is 0 Å². The van der Waals surface area contributed by atoms with E-state index in [-0.39, 0.29) is 37.0 Å². The van der Waals surface area contributed by atoms with Crippen LogP contribution >= 0.6 is 0 Å². The van der Waals surface area contributed by atoms with Crippen LogP contribution in [0.5, 0.6) is 0 Å². The Morgan fingerprint density at radius 3 is 1.09 bits per heavy atom. The molecular formula is C38H46N6O2. The zero-order valence-electron chi connectivity index (χ0n) is 26.5. The average Bonchev–Trinajstić information content (AvgIpc) is 3.10. The maximum Gasteiger partial charge on any atom is 0.234 e. The highest BCUT2D eigenvalue weighted by Crippen LogP contribution is 2.23. The molecular weight excluding hydrogens is 572 g/mol. The summed E-state index contributed by atoms with van der Waals surface area (Å²) in [5, 5.41) is 13.5. The minimum absolute atomic E-state index is 0.0238. The maximum atomic E-state index is 13.5. The Kier molecular flexibility index (Phi) is 12.9. The van der Waals surface area contributed by atoms with E-state index in [0.717, 1.165) is 61.5 Å². The van der Waals surface area contributed by atoms with Gasteiger partial charge in [-0.1, -0.05) is 121 Å². The fourth-order valence-corrected chi connectivity index (χ4v) is 5.84. The molecule has 8 heteroatoms. The molecule has 1 aliphatic rings. The van der Waals surface area contributed by atoms with Gasteiger partial charge >= 0.3 is 0 Å². The molecule has 1 saturated heterocycles. The van der Waals surface area contributed by atoms with Gasteiger partial charge in [-0.3, -0.25) is 19.4 Å². The van der Waals surface area contributed by atoms with Gasteiger partial charge in [-0.25, -0.2) is 0 Å².